The highest BCUT2D eigenvalue weighted by molar-refractivity contribution is 5.82. The van der Waals surface area contributed by atoms with Gasteiger partial charge in [0.1, 0.15) is 5.60 Å². The predicted molar refractivity (Wildman–Crippen MR) is 147 cm³/mol. The van der Waals surface area contributed by atoms with Crippen LogP contribution in [0.4, 0.5) is 4.79 Å². The number of hydrazone groups is 1. The number of piperazine rings is 1. The van der Waals surface area contributed by atoms with Crippen molar-refractivity contribution in [3.63, 3.8) is 0 Å². The standard InChI is InChI=1S/C29H38N6O2/c1-22-27(20-31-34-17-15-33(16-18-34)21-25-9-7-6-8-10-25)23(2)35(32-22)26-13-11-24(12-14-26)19-30-28(36)37-29(3,4)5/h6-14,20H,15-19,21H2,1-5H3,(H,30,36)/b31-20+. The van der Waals surface area contributed by atoms with Crippen molar-refractivity contribution in [2.75, 3.05) is 26.2 Å². The highest BCUT2D eigenvalue weighted by atomic mass is 16.6. The monoisotopic (exact) mass is 502 g/mol. The maximum absolute atomic E-state index is 11.9. The Morgan fingerprint density at radius 1 is 1.00 bits per heavy atom. The zero-order valence-corrected chi connectivity index (χ0v) is 22.6. The molecule has 1 amide bonds. The van der Waals surface area contributed by atoms with E-state index in [2.05, 4.69) is 52.5 Å². The Morgan fingerprint density at radius 2 is 1.68 bits per heavy atom. The van der Waals surface area contributed by atoms with Gasteiger partial charge in [-0.25, -0.2) is 9.48 Å². The first-order valence-corrected chi connectivity index (χ1v) is 12.9. The molecule has 0 aliphatic carbocycles. The predicted octanol–water partition coefficient (Wildman–Crippen LogP) is 4.67. The molecule has 4 rings (SSSR count). The molecule has 1 aromatic heterocycles. The van der Waals surface area contributed by atoms with E-state index in [0.717, 1.165) is 60.9 Å². The third-order valence-corrected chi connectivity index (χ3v) is 6.31. The molecule has 37 heavy (non-hydrogen) atoms. The van der Waals surface area contributed by atoms with Gasteiger partial charge in [0.2, 0.25) is 0 Å². The molecule has 1 aliphatic rings. The lowest BCUT2D eigenvalue weighted by atomic mass is 10.2. The molecule has 2 aromatic carbocycles. The number of aromatic nitrogens is 2. The number of hydrogen-bond donors (Lipinski definition) is 1. The number of carbonyl (C=O) groups excluding carboxylic acids is 1. The minimum absolute atomic E-state index is 0.406. The Balaban J connectivity index is 1.33. The molecule has 1 fully saturated rings. The van der Waals surface area contributed by atoms with E-state index in [-0.39, 0.29) is 0 Å². The van der Waals surface area contributed by atoms with Gasteiger partial charge in [0.25, 0.3) is 0 Å². The summed E-state index contributed by atoms with van der Waals surface area (Å²) in [6.07, 6.45) is 1.52. The summed E-state index contributed by atoms with van der Waals surface area (Å²) in [5, 5.41) is 14.5. The Hall–Kier alpha value is -3.65. The van der Waals surface area contributed by atoms with Gasteiger partial charge in [-0.3, -0.25) is 9.91 Å². The van der Waals surface area contributed by atoms with Crippen molar-refractivity contribution in [1.29, 1.82) is 0 Å². The van der Waals surface area contributed by atoms with Crippen molar-refractivity contribution in [3.05, 3.63) is 82.7 Å². The van der Waals surface area contributed by atoms with E-state index < -0.39 is 11.7 Å². The molecule has 0 spiro atoms. The molecule has 1 N–H and O–H groups in total. The summed E-state index contributed by atoms with van der Waals surface area (Å²) in [5.74, 6) is 0. The van der Waals surface area contributed by atoms with Gasteiger partial charge in [-0.05, 0) is 57.9 Å². The Labute approximate surface area is 219 Å². The van der Waals surface area contributed by atoms with Gasteiger partial charge in [0, 0.05) is 44.8 Å². The minimum atomic E-state index is -0.513. The van der Waals surface area contributed by atoms with Crippen LogP contribution in [0.3, 0.4) is 0 Å². The number of hydrogen-bond acceptors (Lipinski definition) is 6. The van der Waals surface area contributed by atoms with E-state index in [4.69, 9.17) is 14.9 Å². The lowest BCUT2D eigenvalue weighted by molar-refractivity contribution is 0.0523. The van der Waals surface area contributed by atoms with Crippen LogP contribution in [0.15, 0.2) is 59.7 Å². The first-order valence-electron chi connectivity index (χ1n) is 12.9. The average molecular weight is 503 g/mol. The molecule has 0 atom stereocenters. The molecule has 196 valence electrons. The van der Waals surface area contributed by atoms with Crippen LogP contribution in [0.25, 0.3) is 5.69 Å². The quantitative estimate of drug-likeness (QED) is 0.476. The first kappa shape index (κ1) is 26.4. The fraction of sp³-hybridized carbons (Fsp3) is 0.414. The van der Waals surface area contributed by atoms with E-state index in [1.54, 1.807) is 0 Å². The smallest absolute Gasteiger partial charge is 0.407 e. The van der Waals surface area contributed by atoms with Gasteiger partial charge in [0.15, 0.2) is 0 Å². The van der Waals surface area contributed by atoms with Crippen LogP contribution in [0.1, 0.15) is 48.8 Å². The molecule has 3 aromatic rings. The zero-order chi connectivity index (χ0) is 26.4. The molecule has 2 heterocycles. The third-order valence-electron chi connectivity index (χ3n) is 6.31. The van der Waals surface area contributed by atoms with Crippen molar-refractivity contribution in [2.45, 2.75) is 53.3 Å². The Bertz CT molecular complexity index is 1200. The topological polar surface area (TPSA) is 75.0 Å². The number of benzene rings is 2. The molecule has 1 saturated heterocycles. The van der Waals surface area contributed by atoms with Gasteiger partial charge >= 0.3 is 6.09 Å². The second-order valence-corrected chi connectivity index (χ2v) is 10.5. The van der Waals surface area contributed by atoms with Crippen LogP contribution in [0.5, 0.6) is 0 Å². The Kier molecular flexibility index (Phi) is 8.28. The van der Waals surface area contributed by atoms with Gasteiger partial charge in [-0.15, -0.1) is 0 Å². The number of amides is 1. The minimum Gasteiger partial charge on any atom is -0.444 e. The highest BCUT2D eigenvalue weighted by Gasteiger charge is 2.17. The number of carbonyl (C=O) groups is 1. The van der Waals surface area contributed by atoms with Crippen LogP contribution >= 0.6 is 0 Å². The van der Waals surface area contributed by atoms with Crippen molar-refractivity contribution in [2.24, 2.45) is 5.10 Å². The van der Waals surface area contributed by atoms with Crippen molar-refractivity contribution < 1.29 is 9.53 Å². The van der Waals surface area contributed by atoms with E-state index in [1.165, 1.54) is 5.56 Å². The van der Waals surface area contributed by atoms with Gasteiger partial charge in [-0.2, -0.15) is 10.2 Å². The summed E-state index contributed by atoms with van der Waals surface area (Å²) in [7, 11) is 0. The zero-order valence-electron chi connectivity index (χ0n) is 22.6. The summed E-state index contributed by atoms with van der Waals surface area (Å²) >= 11 is 0. The number of rotatable bonds is 7. The number of nitrogens with zero attached hydrogens (tertiary/aromatic N) is 5. The maximum Gasteiger partial charge on any atom is 0.407 e. The molecule has 0 unspecified atom stereocenters. The fourth-order valence-corrected chi connectivity index (χ4v) is 4.33. The van der Waals surface area contributed by atoms with Gasteiger partial charge in [-0.1, -0.05) is 42.5 Å². The summed E-state index contributed by atoms with van der Waals surface area (Å²) in [6, 6.07) is 18.6. The van der Waals surface area contributed by atoms with Crippen LogP contribution in [0.2, 0.25) is 0 Å². The largest absolute Gasteiger partial charge is 0.444 e. The summed E-state index contributed by atoms with van der Waals surface area (Å²) in [4.78, 5) is 14.4. The number of ether oxygens (including phenoxy) is 1. The molecular weight excluding hydrogens is 464 g/mol. The van der Waals surface area contributed by atoms with Crippen LogP contribution in [-0.2, 0) is 17.8 Å². The van der Waals surface area contributed by atoms with Gasteiger partial charge in [0.05, 0.1) is 23.3 Å². The van der Waals surface area contributed by atoms with E-state index in [0.29, 0.717) is 6.54 Å². The summed E-state index contributed by atoms with van der Waals surface area (Å²) < 4.78 is 7.24. The number of nitrogens with one attached hydrogen (secondary N) is 1. The van der Waals surface area contributed by atoms with Crippen LogP contribution in [-0.4, -0.2) is 63.8 Å². The number of alkyl carbamates (subject to hydrolysis) is 1. The molecule has 8 nitrogen and oxygen atoms in total. The Morgan fingerprint density at radius 3 is 2.32 bits per heavy atom. The third kappa shape index (κ3) is 7.43. The van der Waals surface area contributed by atoms with E-state index in [9.17, 15) is 4.79 Å². The maximum atomic E-state index is 11.9. The van der Waals surface area contributed by atoms with Gasteiger partial charge < -0.3 is 10.1 Å². The van der Waals surface area contributed by atoms with Crippen molar-refractivity contribution >= 4 is 12.3 Å². The highest BCUT2D eigenvalue weighted by Crippen LogP contribution is 2.18. The molecular formula is C29H38N6O2. The lowest BCUT2D eigenvalue weighted by Crippen LogP contribution is -2.43. The lowest BCUT2D eigenvalue weighted by Gasteiger charge is -2.33. The summed E-state index contributed by atoms with van der Waals surface area (Å²) in [5.41, 5.74) is 5.83. The number of aryl methyl sites for hydroxylation is 1. The second-order valence-electron chi connectivity index (χ2n) is 10.5. The second kappa shape index (κ2) is 11.6. The summed E-state index contributed by atoms with van der Waals surface area (Å²) in [6.45, 7) is 14.8. The van der Waals surface area contributed by atoms with Crippen molar-refractivity contribution in [1.82, 2.24) is 25.0 Å². The normalized spacial score (nSPS) is 14.8. The van der Waals surface area contributed by atoms with E-state index in [1.807, 2.05) is 62.9 Å². The van der Waals surface area contributed by atoms with Crippen LogP contribution in [0, 0.1) is 13.8 Å². The molecule has 0 radical (unpaired) electrons. The first-order chi connectivity index (χ1) is 17.7. The average Bonchev–Trinajstić information content (AvgIpc) is 3.15. The molecule has 0 bridgehead atoms. The van der Waals surface area contributed by atoms with Crippen molar-refractivity contribution in [3.8, 4) is 5.69 Å². The molecule has 0 saturated carbocycles. The van der Waals surface area contributed by atoms with E-state index >= 15 is 0 Å². The fourth-order valence-electron chi connectivity index (χ4n) is 4.33. The molecule has 1 aliphatic heterocycles. The molecule has 8 heteroatoms. The SMILES string of the molecule is Cc1nn(-c2ccc(CNC(=O)OC(C)(C)C)cc2)c(C)c1/C=N/N1CCN(Cc2ccccc2)CC1. The van der Waals surface area contributed by atoms with Crippen LogP contribution < -0.4 is 5.32 Å².